The normalized spacial score (nSPS) is 9.54. The van der Waals surface area contributed by atoms with Gasteiger partial charge in [0.15, 0.2) is 0 Å². The molecule has 0 fully saturated rings. The summed E-state index contributed by atoms with van der Waals surface area (Å²) in [5.74, 6) is 2.03. The van der Waals surface area contributed by atoms with Gasteiger partial charge < -0.3 is 19.6 Å². The van der Waals surface area contributed by atoms with Crippen LogP contribution in [0.4, 0.5) is 11.9 Å². The summed E-state index contributed by atoms with van der Waals surface area (Å²) in [6, 6.07) is 0. The van der Waals surface area contributed by atoms with Gasteiger partial charge in [-0.3, -0.25) is 9.59 Å². The fourth-order valence-electron chi connectivity index (χ4n) is 1.37. The number of nitrogens with zero attached hydrogens (tertiary/aromatic N) is 7. The number of anilines is 2. The van der Waals surface area contributed by atoms with Gasteiger partial charge in [0.2, 0.25) is 23.7 Å². The maximum Gasteiger partial charge on any atom is 0.229 e. The minimum absolute atomic E-state index is 0.0434. The summed E-state index contributed by atoms with van der Waals surface area (Å²) in [5.41, 5.74) is 0. The highest BCUT2D eigenvalue weighted by Crippen LogP contribution is 2.08. The predicted molar refractivity (Wildman–Crippen MR) is 95.0 cm³/mol. The molecule has 1 heterocycles. The third-order valence-electron chi connectivity index (χ3n) is 3.02. The molecule has 0 aliphatic rings. The fraction of sp³-hybridized carbons (Fsp3) is 0.667. The van der Waals surface area contributed by atoms with Crippen molar-refractivity contribution >= 4 is 23.7 Å². The molecule has 136 valence electrons. The molecule has 1 aromatic rings. The highest BCUT2D eigenvalue weighted by atomic mass is 16.2. The van der Waals surface area contributed by atoms with Crippen molar-refractivity contribution in [1.29, 1.82) is 0 Å². The van der Waals surface area contributed by atoms with Crippen molar-refractivity contribution in [3.05, 3.63) is 5.82 Å². The molecule has 24 heavy (non-hydrogen) atoms. The van der Waals surface area contributed by atoms with Crippen LogP contribution >= 0.6 is 0 Å². The summed E-state index contributed by atoms with van der Waals surface area (Å²) in [7, 11) is 11.0. The molecule has 9 heteroatoms. The lowest BCUT2D eigenvalue weighted by atomic mass is 10.5. The zero-order valence-electron chi connectivity index (χ0n) is 16.2. The lowest BCUT2D eigenvalue weighted by Crippen LogP contribution is -2.38. The van der Waals surface area contributed by atoms with Crippen LogP contribution in [0, 0.1) is 6.92 Å². The Labute approximate surface area is 144 Å². The van der Waals surface area contributed by atoms with Gasteiger partial charge in [-0.1, -0.05) is 0 Å². The lowest BCUT2D eigenvalue weighted by molar-refractivity contribution is -0.134. The maximum absolute atomic E-state index is 10.7. The summed E-state index contributed by atoms with van der Waals surface area (Å²) in [5, 5.41) is 0. The van der Waals surface area contributed by atoms with E-state index in [1.807, 2.05) is 44.9 Å². The summed E-state index contributed by atoms with van der Waals surface area (Å²) >= 11 is 0. The first-order valence-corrected chi connectivity index (χ1v) is 7.46. The molecule has 2 amide bonds. The number of hydrogen-bond acceptors (Lipinski definition) is 7. The average molecular weight is 339 g/mol. The molecule has 0 aromatic carbocycles. The molecule has 0 aliphatic heterocycles. The summed E-state index contributed by atoms with van der Waals surface area (Å²) < 4.78 is 0. The van der Waals surface area contributed by atoms with Crippen molar-refractivity contribution in [2.24, 2.45) is 0 Å². The van der Waals surface area contributed by atoms with Gasteiger partial charge in [-0.25, -0.2) is 0 Å². The molecular weight excluding hydrogens is 310 g/mol. The standard InChI is InChI=1S/C8H15N5.C7H14N2O2/c1-6-9-7(12(2)3)11-8(10-6)13(4)5;1-6(10)8(3)5-9(4)7(2)11/h1-5H3;5H2,1-4H3. The first-order chi connectivity index (χ1) is 11.0. The second-order valence-corrected chi connectivity index (χ2v) is 5.85. The third kappa shape index (κ3) is 7.70. The molecule has 0 atom stereocenters. The highest BCUT2D eigenvalue weighted by molar-refractivity contribution is 5.75. The topological polar surface area (TPSA) is 85.8 Å². The number of aromatic nitrogens is 3. The molecule has 0 N–H and O–H groups in total. The molecule has 0 radical (unpaired) electrons. The SMILES string of the molecule is CC(=O)N(C)CN(C)C(C)=O.Cc1nc(N(C)C)nc(N(C)C)n1. The number of carbonyl (C=O) groups excluding carboxylic acids is 2. The molecule has 1 aromatic heterocycles. The van der Waals surface area contributed by atoms with Gasteiger partial charge >= 0.3 is 0 Å². The Kier molecular flexibility index (Phi) is 8.65. The monoisotopic (exact) mass is 339 g/mol. The fourth-order valence-corrected chi connectivity index (χ4v) is 1.37. The molecule has 0 unspecified atom stereocenters. The van der Waals surface area contributed by atoms with Gasteiger partial charge in [-0.2, -0.15) is 15.0 Å². The second-order valence-electron chi connectivity index (χ2n) is 5.85. The largest absolute Gasteiger partial charge is 0.347 e. The number of aryl methyl sites for hydroxylation is 1. The van der Waals surface area contributed by atoms with E-state index in [1.165, 1.54) is 23.6 Å². The minimum Gasteiger partial charge on any atom is -0.347 e. The molecule has 0 spiro atoms. The Morgan fingerprint density at radius 2 is 1.08 bits per heavy atom. The van der Waals surface area contributed by atoms with Gasteiger partial charge in [0.1, 0.15) is 5.82 Å². The van der Waals surface area contributed by atoms with Gasteiger partial charge in [0, 0.05) is 56.1 Å². The summed E-state index contributed by atoms with van der Waals surface area (Å²) in [6.45, 7) is 5.15. The maximum atomic E-state index is 10.7. The van der Waals surface area contributed by atoms with Gasteiger partial charge in [-0.05, 0) is 6.92 Å². The average Bonchev–Trinajstić information content (AvgIpc) is 2.46. The molecule has 1 rings (SSSR count). The van der Waals surface area contributed by atoms with E-state index in [1.54, 1.807) is 14.1 Å². The summed E-state index contributed by atoms with van der Waals surface area (Å²) in [6.07, 6.45) is 0. The quantitative estimate of drug-likeness (QED) is 0.725. The Bertz CT molecular complexity index is 517. The van der Waals surface area contributed by atoms with E-state index in [2.05, 4.69) is 15.0 Å². The molecular formula is C15H29N7O2. The summed E-state index contributed by atoms with van der Waals surface area (Å²) in [4.78, 5) is 40.7. The molecule has 0 saturated heterocycles. The van der Waals surface area contributed by atoms with Crippen LogP contribution in [-0.4, -0.2) is 85.5 Å². The van der Waals surface area contributed by atoms with E-state index in [4.69, 9.17) is 0 Å². The Morgan fingerprint density at radius 1 is 0.750 bits per heavy atom. The molecule has 9 nitrogen and oxygen atoms in total. The Morgan fingerprint density at radius 3 is 1.33 bits per heavy atom. The molecule has 0 saturated carbocycles. The van der Waals surface area contributed by atoms with Crippen molar-refractivity contribution in [2.75, 3.05) is 58.8 Å². The van der Waals surface area contributed by atoms with Crippen molar-refractivity contribution < 1.29 is 9.59 Å². The van der Waals surface area contributed by atoms with Gasteiger partial charge in [0.25, 0.3) is 0 Å². The van der Waals surface area contributed by atoms with Crippen LogP contribution in [0.2, 0.25) is 0 Å². The van der Waals surface area contributed by atoms with E-state index in [0.717, 1.165) is 5.82 Å². The van der Waals surface area contributed by atoms with E-state index < -0.39 is 0 Å². The third-order valence-corrected chi connectivity index (χ3v) is 3.02. The Hall–Kier alpha value is -2.45. The highest BCUT2D eigenvalue weighted by Gasteiger charge is 2.07. The smallest absolute Gasteiger partial charge is 0.229 e. The zero-order chi connectivity index (χ0) is 19.0. The van der Waals surface area contributed by atoms with E-state index in [-0.39, 0.29) is 11.8 Å². The molecule has 0 bridgehead atoms. The van der Waals surface area contributed by atoms with Crippen molar-refractivity contribution in [3.63, 3.8) is 0 Å². The van der Waals surface area contributed by atoms with Crippen molar-refractivity contribution in [3.8, 4) is 0 Å². The number of hydrogen-bond donors (Lipinski definition) is 0. The van der Waals surface area contributed by atoms with Crippen LogP contribution in [0.5, 0.6) is 0 Å². The van der Waals surface area contributed by atoms with Crippen LogP contribution < -0.4 is 9.80 Å². The van der Waals surface area contributed by atoms with E-state index in [9.17, 15) is 9.59 Å². The second kappa shape index (κ2) is 9.64. The number of amides is 2. The van der Waals surface area contributed by atoms with Crippen LogP contribution in [-0.2, 0) is 9.59 Å². The lowest BCUT2D eigenvalue weighted by Gasteiger charge is -2.22. The van der Waals surface area contributed by atoms with Crippen LogP contribution in [0.15, 0.2) is 0 Å². The number of carbonyl (C=O) groups is 2. The number of rotatable bonds is 4. The minimum atomic E-state index is -0.0434. The van der Waals surface area contributed by atoms with Gasteiger partial charge in [0.05, 0.1) is 6.67 Å². The zero-order valence-corrected chi connectivity index (χ0v) is 16.2. The van der Waals surface area contributed by atoms with Crippen LogP contribution in [0.1, 0.15) is 19.7 Å². The van der Waals surface area contributed by atoms with E-state index >= 15 is 0 Å². The first kappa shape index (κ1) is 21.6. The van der Waals surface area contributed by atoms with Crippen LogP contribution in [0.25, 0.3) is 0 Å². The van der Waals surface area contributed by atoms with Crippen molar-refractivity contribution in [1.82, 2.24) is 24.8 Å². The predicted octanol–water partition coefficient (Wildman–Crippen LogP) is 0.213. The first-order valence-electron chi connectivity index (χ1n) is 7.46. The Balaban J connectivity index is 0.000000449. The van der Waals surface area contributed by atoms with E-state index in [0.29, 0.717) is 18.6 Å². The van der Waals surface area contributed by atoms with Crippen LogP contribution in [0.3, 0.4) is 0 Å². The van der Waals surface area contributed by atoms with Gasteiger partial charge in [-0.15, -0.1) is 0 Å². The van der Waals surface area contributed by atoms with Crippen molar-refractivity contribution in [2.45, 2.75) is 20.8 Å². The molecule has 0 aliphatic carbocycles.